The molecule has 0 radical (unpaired) electrons. The Balaban J connectivity index is 2.09. The van der Waals surface area contributed by atoms with Crippen molar-refractivity contribution in [1.29, 1.82) is 0 Å². The highest BCUT2D eigenvalue weighted by Crippen LogP contribution is 2.23. The van der Waals surface area contributed by atoms with Crippen LogP contribution in [0.3, 0.4) is 0 Å². The zero-order valence-electron chi connectivity index (χ0n) is 9.87. The lowest BCUT2D eigenvalue weighted by atomic mass is 10.1. The molecule has 0 aliphatic carbocycles. The Morgan fingerprint density at radius 3 is 2.61 bits per heavy atom. The van der Waals surface area contributed by atoms with E-state index in [1.54, 1.807) is 23.9 Å². The van der Waals surface area contributed by atoms with E-state index in [0.29, 0.717) is 10.7 Å². The smallest absolute Gasteiger partial charge is 0.209 e. The Morgan fingerprint density at radius 1 is 1.39 bits per heavy atom. The Labute approximate surface area is 117 Å². The van der Waals surface area contributed by atoms with E-state index in [-0.39, 0.29) is 11.0 Å². The summed E-state index contributed by atoms with van der Waals surface area (Å²) in [6.45, 7) is 1.85. The number of ketones is 1. The summed E-state index contributed by atoms with van der Waals surface area (Å²) in [5, 5.41) is 11.5. The average Bonchev–Trinajstić information content (AvgIpc) is 2.75. The average molecular weight is 327 g/mol. The van der Waals surface area contributed by atoms with Crippen molar-refractivity contribution in [3.8, 4) is 0 Å². The first kappa shape index (κ1) is 13.2. The number of benzene rings is 1. The van der Waals surface area contributed by atoms with Gasteiger partial charge in [-0.05, 0) is 29.5 Å². The second-order valence-corrected chi connectivity index (χ2v) is 5.94. The molecule has 0 N–H and O–H groups in total. The summed E-state index contributed by atoms with van der Waals surface area (Å²) in [7, 11) is 1.75. The largest absolute Gasteiger partial charge is 0.293 e. The third kappa shape index (κ3) is 2.97. The molecule has 0 amide bonds. The van der Waals surface area contributed by atoms with Gasteiger partial charge >= 0.3 is 0 Å². The van der Waals surface area contributed by atoms with E-state index in [1.165, 1.54) is 11.8 Å². The molecule has 0 saturated heterocycles. The lowest BCUT2D eigenvalue weighted by Gasteiger charge is -2.08. The molecule has 0 aliphatic heterocycles. The third-order valence-electron chi connectivity index (χ3n) is 2.36. The minimum Gasteiger partial charge on any atom is -0.293 e. The van der Waals surface area contributed by atoms with Gasteiger partial charge in [0.1, 0.15) is 0 Å². The van der Waals surface area contributed by atoms with Gasteiger partial charge in [0.05, 0.1) is 5.25 Å². The molecule has 0 saturated carbocycles. The molecule has 1 aromatic carbocycles. The Morgan fingerprint density at radius 2 is 2.06 bits per heavy atom. The maximum atomic E-state index is 12.2. The molecule has 0 fully saturated rings. The summed E-state index contributed by atoms with van der Waals surface area (Å²) < 4.78 is 2.51. The van der Waals surface area contributed by atoms with Crippen LogP contribution in [-0.2, 0) is 7.05 Å². The zero-order chi connectivity index (χ0) is 13.1. The van der Waals surface area contributed by atoms with E-state index >= 15 is 0 Å². The molecule has 1 aromatic heterocycles. The van der Waals surface area contributed by atoms with Crippen molar-refractivity contribution >= 4 is 33.5 Å². The number of aryl methyl sites for hydroxylation is 1. The third-order valence-corrected chi connectivity index (χ3v) is 4.01. The van der Waals surface area contributed by atoms with Crippen LogP contribution in [0.25, 0.3) is 0 Å². The van der Waals surface area contributed by atoms with E-state index in [0.717, 1.165) is 4.47 Å². The van der Waals surface area contributed by atoms with Crippen molar-refractivity contribution in [3.63, 3.8) is 0 Å². The minimum absolute atomic E-state index is 0.0653. The van der Waals surface area contributed by atoms with Crippen LogP contribution in [-0.4, -0.2) is 31.2 Å². The van der Waals surface area contributed by atoms with Gasteiger partial charge in [-0.2, -0.15) is 0 Å². The first-order chi connectivity index (χ1) is 8.58. The normalized spacial score (nSPS) is 12.4. The van der Waals surface area contributed by atoms with Crippen molar-refractivity contribution < 1.29 is 4.79 Å². The minimum atomic E-state index is -0.226. The molecule has 1 atom stereocenters. The lowest BCUT2D eigenvalue weighted by Crippen LogP contribution is -2.14. The van der Waals surface area contributed by atoms with Crippen LogP contribution in [0.2, 0.25) is 0 Å². The van der Waals surface area contributed by atoms with Crippen molar-refractivity contribution in [2.24, 2.45) is 7.05 Å². The number of carbonyl (C=O) groups excluding carboxylic acids is 1. The highest BCUT2D eigenvalue weighted by Gasteiger charge is 2.18. The van der Waals surface area contributed by atoms with E-state index in [4.69, 9.17) is 0 Å². The summed E-state index contributed by atoms with van der Waals surface area (Å²) >= 11 is 4.69. The number of nitrogens with zero attached hydrogens (tertiary/aromatic N) is 4. The van der Waals surface area contributed by atoms with Gasteiger partial charge in [-0.25, -0.2) is 4.68 Å². The standard InChI is InChI=1S/C11H11BrN4OS/c1-7(18-11-13-14-15-16(11)2)10(17)8-3-5-9(12)6-4-8/h3-7H,1-2H3/t7-/m0/s1. The summed E-state index contributed by atoms with van der Waals surface area (Å²) in [6, 6.07) is 7.32. The first-order valence-corrected chi connectivity index (χ1v) is 6.94. The van der Waals surface area contributed by atoms with Gasteiger partial charge in [-0.1, -0.05) is 39.8 Å². The van der Waals surface area contributed by atoms with E-state index in [9.17, 15) is 4.79 Å². The maximum Gasteiger partial charge on any atom is 0.209 e. The fraction of sp³-hybridized carbons (Fsp3) is 0.273. The van der Waals surface area contributed by atoms with Crippen molar-refractivity contribution in [1.82, 2.24) is 20.2 Å². The fourth-order valence-electron chi connectivity index (χ4n) is 1.38. The quantitative estimate of drug-likeness (QED) is 0.637. The number of thioether (sulfide) groups is 1. The Hall–Kier alpha value is -1.21. The second-order valence-electron chi connectivity index (χ2n) is 3.72. The van der Waals surface area contributed by atoms with Crippen LogP contribution in [0.1, 0.15) is 17.3 Å². The number of aromatic nitrogens is 4. The molecule has 0 unspecified atom stereocenters. The Kier molecular flexibility index (Phi) is 4.13. The molecule has 7 heteroatoms. The van der Waals surface area contributed by atoms with E-state index < -0.39 is 0 Å². The number of hydrogen-bond acceptors (Lipinski definition) is 5. The van der Waals surface area contributed by atoms with Crippen LogP contribution >= 0.6 is 27.7 Å². The van der Waals surface area contributed by atoms with Crippen molar-refractivity contribution in [3.05, 3.63) is 34.3 Å². The van der Waals surface area contributed by atoms with Gasteiger partial charge in [0.15, 0.2) is 5.78 Å². The van der Waals surface area contributed by atoms with E-state index in [2.05, 4.69) is 31.5 Å². The van der Waals surface area contributed by atoms with Gasteiger partial charge in [0.25, 0.3) is 0 Å². The molecular formula is C11H11BrN4OS. The molecule has 2 aromatic rings. The van der Waals surface area contributed by atoms with Gasteiger partial charge < -0.3 is 0 Å². The van der Waals surface area contributed by atoms with Crippen LogP contribution in [0.4, 0.5) is 0 Å². The van der Waals surface area contributed by atoms with Gasteiger partial charge in [0, 0.05) is 17.1 Å². The molecule has 0 aliphatic rings. The maximum absolute atomic E-state index is 12.2. The highest BCUT2D eigenvalue weighted by molar-refractivity contribution is 9.10. The van der Waals surface area contributed by atoms with Crippen LogP contribution in [0.5, 0.6) is 0 Å². The SMILES string of the molecule is C[C@H](Sc1nnnn1C)C(=O)c1ccc(Br)cc1. The molecule has 0 bridgehead atoms. The zero-order valence-corrected chi connectivity index (χ0v) is 12.3. The van der Waals surface area contributed by atoms with Gasteiger partial charge in [0.2, 0.25) is 5.16 Å². The Bertz CT molecular complexity index is 554. The molecule has 1 heterocycles. The van der Waals surface area contributed by atoms with Crippen LogP contribution < -0.4 is 0 Å². The summed E-state index contributed by atoms with van der Waals surface area (Å²) in [4.78, 5) is 12.2. The summed E-state index contributed by atoms with van der Waals surface area (Å²) in [5.74, 6) is 0.0653. The topological polar surface area (TPSA) is 60.7 Å². The van der Waals surface area contributed by atoms with Crippen LogP contribution in [0, 0.1) is 0 Å². The monoisotopic (exact) mass is 326 g/mol. The number of hydrogen-bond donors (Lipinski definition) is 0. The van der Waals surface area contributed by atoms with Gasteiger partial charge in [-0.15, -0.1) is 5.10 Å². The number of tetrazole rings is 1. The second kappa shape index (κ2) is 5.62. The molecule has 18 heavy (non-hydrogen) atoms. The molecule has 94 valence electrons. The lowest BCUT2D eigenvalue weighted by molar-refractivity contribution is 0.0994. The summed E-state index contributed by atoms with van der Waals surface area (Å²) in [5.41, 5.74) is 0.688. The number of rotatable bonds is 4. The predicted molar refractivity (Wildman–Crippen MR) is 72.6 cm³/mol. The fourth-order valence-corrected chi connectivity index (χ4v) is 2.48. The molecule has 2 rings (SSSR count). The molecule has 0 spiro atoms. The van der Waals surface area contributed by atoms with Crippen molar-refractivity contribution in [2.45, 2.75) is 17.3 Å². The van der Waals surface area contributed by atoms with Crippen molar-refractivity contribution in [2.75, 3.05) is 0 Å². The number of halogens is 1. The number of Topliss-reactive ketones (excluding diaryl/α,β-unsaturated/α-hetero) is 1. The highest BCUT2D eigenvalue weighted by atomic mass is 79.9. The van der Waals surface area contributed by atoms with Crippen LogP contribution in [0.15, 0.2) is 33.9 Å². The van der Waals surface area contributed by atoms with Gasteiger partial charge in [-0.3, -0.25) is 4.79 Å². The molecule has 5 nitrogen and oxygen atoms in total. The summed E-state index contributed by atoms with van der Waals surface area (Å²) in [6.07, 6.45) is 0. The predicted octanol–water partition coefficient (Wildman–Crippen LogP) is 2.34. The molecular weight excluding hydrogens is 316 g/mol. The number of carbonyl (C=O) groups is 1. The first-order valence-electron chi connectivity index (χ1n) is 5.26. The van der Waals surface area contributed by atoms with E-state index in [1.807, 2.05) is 19.1 Å².